The van der Waals surface area contributed by atoms with Crippen molar-refractivity contribution in [3.63, 3.8) is 0 Å². The van der Waals surface area contributed by atoms with Gasteiger partial charge in [-0.25, -0.2) is 14.2 Å². The minimum Gasteiger partial charge on any atom is -0.381 e. The molecule has 3 atom stereocenters. The number of Topliss-reactive ketones (excluding diaryl/α,β-unsaturated/α-hetero) is 1. The predicted octanol–water partition coefficient (Wildman–Crippen LogP) is 4.27. The number of ether oxygens (including phenoxy) is 1. The third kappa shape index (κ3) is 6.61. The van der Waals surface area contributed by atoms with Crippen molar-refractivity contribution < 1.29 is 18.7 Å². The molecule has 0 radical (unpaired) electrons. The Balaban J connectivity index is 1.30. The van der Waals surface area contributed by atoms with Crippen molar-refractivity contribution in [1.29, 1.82) is 0 Å². The lowest BCUT2D eigenvalue weighted by molar-refractivity contribution is 0.0134. The molecule has 2 amide bonds. The number of urea groups is 1. The van der Waals surface area contributed by atoms with Gasteiger partial charge in [0, 0.05) is 38.6 Å². The summed E-state index contributed by atoms with van der Waals surface area (Å²) in [5.74, 6) is 0.502. The number of halogens is 1. The predicted molar refractivity (Wildman–Crippen MR) is 131 cm³/mol. The van der Waals surface area contributed by atoms with Crippen LogP contribution >= 0.6 is 11.3 Å². The highest BCUT2D eigenvalue weighted by molar-refractivity contribution is 7.17. The highest BCUT2D eigenvalue weighted by atomic mass is 32.1. The van der Waals surface area contributed by atoms with Gasteiger partial charge in [0.2, 0.25) is 0 Å². The lowest BCUT2D eigenvalue weighted by atomic mass is 9.89. The van der Waals surface area contributed by atoms with Crippen LogP contribution in [0.3, 0.4) is 0 Å². The molecule has 1 aromatic carbocycles. The number of thiazole rings is 1. The number of rotatable bonds is 7. The van der Waals surface area contributed by atoms with E-state index >= 15 is 0 Å². The van der Waals surface area contributed by atoms with Crippen LogP contribution in [0, 0.1) is 24.6 Å². The molecule has 0 saturated carbocycles. The molecule has 3 heterocycles. The van der Waals surface area contributed by atoms with Gasteiger partial charge in [0.15, 0.2) is 10.9 Å². The average molecular weight is 489 g/mol. The Morgan fingerprint density at radius 2 is 2.06 bits per heavy atom. The van der Waals surface area contributed by atoms with Crippen molar-refractivity contribution in [3.8, 4) is 0 Å². The molecule has 2 N–H and O–H groups in total. The van der Waals surface area contributed by atoms with Crippen molar-refractivity contribution in [1.82, 2.24) is 15.2 Å². The van der Waals surface area contributed by atoms with E-state index in [2.05, 4.69) is 20.5 Å². The normalized spacial score (nSPS) is 23.4. The summed E-state index contributed by atoms with van der Waals surface area (Å²) in [6, 6.07) is 6.54. The number of aromatic nitrogens is 1. The second-order valence-electron chi connectivity index (χ2n) is 9.42. The van der Waals surface area contributed by atoms with Gasteiger partial charge < -0.3 is 15.0 Å². The Morgan fingerprint density at radius 1 is 1.26 bits per heavy atom. The number of hydrogen-bond acceptors (Lipinski definition) is 6. The van der Waals surface area contributed by atoms with Crippen molar-refractivity contribution in [2.75, 3.05) is 38.2 Å². The van der Waals surface area contributed by atoms with E-state index in [1.54, 1.807) is 6.92 Å². The third-order valence-electron chi connectivity index (χ3n) is 6.66. The van der Waals surface area contributed by atoms with Crippen LogP contribution in [0.2, 0.25) is 0 Å². The molecule has 0 spiro atoms. The van der Waals surface area contributed by atoms with Crippen LogP contribution in [-0.4, -0.2) is 60.6 Å². The highest BCUT2D eigenvalue weighted by Gasteiger charge is 2.31. The molecule has 7 nitrogen and oxygen atoms in total. The third-order valence-corrected chi connectivity index (χ3v) is 7.83. The Labute approximate surface area is 204 Å². The maximum Gasteiger partial charge on any atom is 0.321 e. The summed E-state index contributed by atoms with van der Waals surface area (Å²) >= 11 is 1.20. The molecule has 2 aliphatic heterocycles. The summed E-state index contributed by atoms with van der Waals surface area (Å²) in [6.07, 6.45) is 4.03. The molecule has 2 aromatic rings. The van der Waals surface area contributed by atoms with Gasteiger partial charge in [0.25, 0.3) is 0 Å². The first-order valence-electron chi connectivity index (χ1n) is 12.0. The molecule has 9 heteroatoms. The zero-order chi connectivity index (χ0) is 24.1. The van der Waals surface area contributed by atoms with E-state index in [1.807, 2.05) is 12.1 Å². The largest absolute Gasteiger partial charge is 0.381 e. The first kappa shape index (κ1) is 24.8. The molecule has 0 bridgehead atoms. The van der Waals surface area contributed by atoms with Crippen molar-refractivity contribution in [2.45, 2.75) is 45.6 Å². The fraction of sp³-hybridized carbons (Fsp3) is 0.560. The summed E-state index contributed by atoms with van der Waals surface area (Å²) in [5, 5.41) is 6.34. The van der Waals surface area contributed by atoms with Gasteiger partial charge in [-0.3, -0.25) is 10.1 Å². The molecule has 34 heavy (non-hydrogen) atoms. The van der Waals surface area contributed by atoms with E-state index in [1.165, 1.54) is 42.4 Å². The van der Waals surface area contributed by atoms with E-state index < -0.39 is 0 Å². The number of nitrogens with zero attached hydrogens (tertiary/aromatic N) is 2. The molecule has 2 aliphatic rings. The zero-order valence-corrected chi connectivity index (χ0v) is 20.6. The van der Waals surface area contributed by atoms with Crippen molar-refractivity contribution in [3.05, 3.63) is 46.2 Å². The minimum atomic E-state index is -0.298. The number of anilines is 1. The fourth-order valence-electron chi connectivity index (χ4n) is 5.01. The number of nitrogens with one attached hydrogen (secondary N) is 2. The second-order valence-corrected chi connectivity index (χ2v) is 10.4. The number of amides is 2. The number of ketones is 1. The quantitative estimate of drug-likeness (QED) is 0.569. The van der Waals surface area contributed by atoms with Crippen LogP contribution < -0.4 is 10.6 Å². The average Bonchev–Trinajstić information content (AvgIpc) is 3.17. The van der Waals surface area contributed by atoms with Gasteiger partial charge >= 0.3 is 6.03 Å². The Kier molecular flexibility index (Phi) is 8.28. The molecular weight excluding hydrogens is 455 g/mol. The number of benzene rings is 1. The van der Waals surface area contributed by atoms with Gasteiger partial charge in [-0.15, -0.1) is 0 Å². The number of carbonyl (C=O) groups excluding carboxylic acids is 2. The maximum absolute atomic E-state index is 13.2. The van der Waals surface area contributed by atoms with Gasteiger partial charge in [-0.05, 0) is 62.8 Å². The number of carbonyl (C=O) groups is 2. The molecule has 2 fully saturated rings. The topological polar surface area (TPSA) is 83.6 Å². The summed E-state index contributed by atoms with van der Waals surface area (Å²) < 4.78 is 19.0. The maximum atomic E-state index is 13.2. The minimum absolute atomic E-state index is 0.0135. The van der Waals surface area contributed by atoms with Gasteiger partial charge in [0.1, 0.15) is 5.82 Å². The van der Waals surface area contributed by atoms with Gasteiger partial charge in [-0.2, -0.15) is 0 Å². The summed E-state index contributed by atoms with van der Waals surface area (Å²) in [7, 11) is 0. The fourth-order valence-corrected chi connectivity index (χ4v) is 5.87. The van der Waals surface area contributed by atoms with Crippen molar-refractivity contribution in [2.24, 2.45) is 11.8 Å². The first-order valence-corrected chi connectivity index (χ1v) is 12.8. The summed E-state index contributed by atoms with van der Waals surface area (Å²) in [4.78, 5) is 31.7. The van der Waals surface area contributed by atoms with E-state index in [-0.39, 0.29) is 29.6 Å². The zero-order valence-electron chi connectivity index (χ0n) is 19.8. The van der Waals surface area contributed by atoms with Crippen molar-refractivity contribution >= 4 is 28.3 Å². The number of likely N-dealkylation sites (tertiary alicyclic amines) is 1. The van der Waals surface area contributed by atoms with Gasteiger partial charge in [0.05, 0.1) is 17.2 Å². The monoisotopic (exact) mass is 488 g/mol. The van der Waals surface area contributed by atoms with E-state index in [4.69, 9.17) is 4.74 Å². The van der Waals surface area contributed by atoms with E-state index in [0.29, 0.717) is 34.8 Å². The Bertz CT molecular complexity index is 997. The van der Waals surface area contributed by atoms with Crippen LogP contribution in [0.25, 0.3) is 0 Å². The Morgan fingerprint density at radius 3 is 2.79 bits per heavy atom. The number of piperidine rings is 1. The van der Waals surface area contributed by atoms with Crippen LogP contribution in [0.15, 0.2) is 24.3 Å². The molecule has 1 aromatic heterocycles. The summed E-state index contributed by atoms with van der Waals surface area (Å²) in [6.45, 7) is 7.43. The smallest absolute Gasteiger partial charge is 0.321 e. The number of aryl methyl sites for hydroxylation is 1. The molecule has 2 saturated heterocycles. The molecule has 184 valence electrons. The molecule has 0 unspecified atom stereocenters. The lowest BCUT2D eigenvalue weighted by Crippen LogP contribution is -2.51. The van der Waals surface area contributed by atoms with E-state index in [9.17, 15) is 14.0 Å². The lowest BCUT2D eigenvalue weighted by Gasteiger charge is -2.39. The molecule has 0 aliphatic carbocycles. The number of hydrogen-bond donors (Lipinski definition) is 2. The molecule has 4 rings (SSSR count). The first-order chi connectivity index (χ1) is 16.4. The van der Waals surface area contributed by atoms with Crippen LogP contribution in [-0.2, 0) is 11.2 Å². The summed E-state index contributed by atoms with van der Waals surface area (Å²) in [5.41, 5.74) is 1.81. The van der Waals surface area contributed by atoms with E-state index in [0.717, 1.165) is 38.9 Å². The van der Waals surface area contributed by atoms with Gasteiger partial charge in [-0.1, -0.05) is 23.5 Å². The molecular formula is C25H33FN4O3S. The van der Waals surface area contributed by atoms with Crippen LogP contribution in [0.5, 0.6) is 0 Å². The highest BCUT2D eigenvalue weighted by Crippen LogP contribution is 2.25. The second kappa shape index (κ2) is 11.4. The SMILES string of the molecule is CC(=O)c1sc(NC(=O)N[C@@H]2CCOC[C@@H]2CN2CCC[C@@H](Cc3ccc(F)cc3)C2)nc1C. The van der Waals surface area contributed by atoms with Crippen LogP contribution in [0.4, 0.5) is 14.3 Å². The standard InChI is InChI=1S/C25H33FN4O3S/c1-16-23(17(2)31)34-25(27-16)29-24(32)28-22-9-11-33-15-20(22)14-30-10-3-4-19(13-30)12-18-5-7-21(26)8-6-18/h5-8,19-20,22H,3-4,9-15H2,1-2H3,(H2,27,28,29,32)/t19-,20-,22+/m0/s1. The van der Waals surface area contributed by atoms with Crippen LogP contribution in [0.1, 0.15) is 47.1 Å². The Hall–Kier alpha value is -2.36.